The maximum atomic E-state index is 12.9. The Balaban J connectivity index is 2.02. The third-order valence-corrected chi connectivity index (χ3v) is 7.49. The molecule has 0 saturated carbocycles. The van der Waals surface area contributed by atoms with Gasteiger partial charge in [-0.05, 0) is 75.3 Å². The van der Waals surface area contributed by atoms with E-state index in [9.17, 15) is 13.2 Å². The van der Waals surface area contributed by atoms with Crippen molar-refractivity contribution in [2.45, 2.75) is 64.9 Å². The van der Waals surface area contributed by atoms with Crippen molar-refractivity contribution in [1.82, 2.24) is 9.62 Å². The van der Waals surface area contributed by atoms with Crippen LogP contribution in [-0.2, 0) is 19.6 Å². The van der Waals surface area contributed by atoms with Gasteiger partial charge in [-0.25, -0.2) is 13.1 Å². The SMILES string of the molecule is Cc1c(C)c(C)c(S(=O)(=O)NCCC(=O)N(C)CC2CCCO2)c(C)c1C. The molecule has 1 N–H and O–H groups in total. The lowest BCUT2D eigenvalue weighted by atomic mass is 9.95. The van der Waals surface area contributed by atoms with Crippen molar-refractivity contribution in [3.05, 3.63) is 27.8 Å². The van der Waals surface area contributed by atoms with Crippen LogP contribution in [-0.4, -0.2) is 52.1 Å². The van der Waals surface area contributed by atoms with Crippen molar-refractivity contribution < 1.29 is 17.9 Å². The van der Waals surface area contributed by atoms with Gasteiger partial charge in [-0.15, -0.1) is 0 Å². The molecule has 2 rings (SSSR count). The van der Waals surface area contributed by atoms with Gasteiger partial charge in [-0.2, -0.15) is 0 Å². The molecule has 6 nitrogen and oxygen atoms in total. The summed E-state index contributed by atoms with van der Waals surface area (Å²) in [7, 11) is -1.94. The Morgan fingerprint density at radius 2 is 1.63 bits per heavy atom. The summed E-state index contributed by atoms with van der Waals surface area (Å²) in [5.74, 6) is -0.0853. The van der Waals surface area contributed by atoms with Crippen LogP contribution in [0.15, 0.2) is 4.90 Å². The lowest BCUT2D eigenvalue weighted by Crippen LogP contribution is -2.36. The summed E-state index contributed by atoms with van der Waals surface area (Å²) in [6.45, 7) is 11.0. The average molecular weight is 397 g/mol. The van der Waals surface area contributed by atoms with Crippen LogP contribution >= 0.6 is 0 Å². The molecule has 1 aliphatic rings. The molecule has 1 unspecified atom stereocenters. The molecule has 1 atom stereocenters. The molecule has 0 spiro atoms. The first-order valence-electron chi connectivity index (χ1n) is 9.48. The number of likely N-dealkylation sites (N-methyl/N-ethyl adjacent to an activating group) is 1. The predicted molar refractivity (Wildman–Crippen MR) is 107 cm³/mol. The number of nitrogens with zero attached hydrogens (tertiary/aromatic N) is 1. The molecule has 1 heterocycles. The molecule has 0 bridgehead atoms. The van der Waals surface area contributed by atoms with Crippen LogP contribution in [0.4, 0.5) is 0 Å². The minimum absolute atomic E-state index is 0.0852. The minimum Gasteiger partial charge on any atom is -0.376 e. The van der Waals surface area contributed by atoms with Gasteiger partial charge in [0, 0.05) is 33.2 Å². The summed E-state index contributed by atoms with van der Waals surface area (Å²) in [5, 5.41) is 0. The molecule has 1 aromatic carbocycles. The maximum Gasteiger partial charge on any atom is 0.241 e. The summed E-state index contributed by atoms with van der Waals surface area (Å²) < 4.78 is 33.9. The Labute approximate surface area is 163 Å². The number of sulfonamides is 1. The van der Waals surface area contributed by atoms with E-state index in [2.05, 4.69) is 4.72 Å². The number of benzene rings is 1. The summed E-state index contributed by atoms with van der Waals surface area (Å²) in [5.41, 5.74) is 4.64. The molecule has 0 radical (unpaired) electrons. The highest BCUT2D eigenvalue weighted by molar-refractivity contribution is 7.89. The van der Waals surface area contributed by atoms with Crippen molar-refractivity contribution in [3.63, 3.8) is 0 Å². The van der Waals surface area contributed by atoms with E-state index in [1.807, 2.05) is 34.6 Å². The van der Waals surface area contributed by atoms with Crippen LogP contribution in [0.5, 0.6) is 0 Å². The molecule has 27 heavy (non-hydrogen) atoms. The van der Waals surface area contributed by atoms with Gasteiger partial charge >= 0.3 is 0 Å². The van der Waals surface area contributed by atoms with Gasteiger partial charge in [0.15, 0.2) is 0 Å². The van der Waals surface area contributed by atoms with Crippen LogP contribution in [0.3, 0.4) is 0 Å². The number of carbonyl (C=O) groups excluding carboxylic acids is 1. The summed E-state index contributed by atoms with van der Waals surface area (Å²) in [4.78, 5) is 14.2. The Hall–Kier alpha value is -1.44. The van der Waals surface area contributed by atoms with Gasteiger partial charge in [0.05, 0.1) is 11.0 Å². The Morgan fingerprint density at radius 3 is 2.15 bits per heavy atom. The first kappa shape index (κ1) is 21.9. The molecular weight excluding hydrogens is 364 g/mol. The predicted octanol–water partition coefficient (Wildman–Crippen LogP) is 2.53. The highest BCUT2D eigenvalue weighted by Crippen LogP contribution is 2.29. The van der Waals surface area contributed by atoms with Crippen molar-refractivity contribution in [2.24, 2.45) is 0 Å². The van der Waals surface area contributed by atoms with E-state index in [4.69, 9.17) is 4.74 Å². The number of hydrogen-bond acceptors (Lipinski definition) is 4. The molecule has 1 aliphatic heterocycles. The molecule has 7 heteroatoms. The number of carbonyl (C=O) groups is 1. The number of hydrogen-bond donors (Lipinski definition) is 1. The zero-order valence-electron chi connectivity index (χ0n) is 17.3. The van der Waals surface area contributed by atoms with E-state index in [1.54, 1.807) is 11.9 Å². The fourth-order valence-corrected chi connectivity index (χ4v) is 5.25. The molecule has 1 amide bonds. The van der Waals surface area contributed by atoms with Crippen molar-refractivity contribution in [3.8, 4) is 0 Å². The van der Waals surface area contributed by atoms with Crippen molar-refractivity contribution >= 4 is 15.9 Å². The van der Waals surface area contributed by atoms with E-state index < -0.39 is 10.0 Å². The van der Waals surface area contributed by atoms with Gasteiger partial charge in [-0.1, -0.05) is 0 Å². The fourth-order valence-electron chi connectivity index (χ4n) is 3.62. The smallest absolute Gasteiger partial charge is 0.241 e. The largest absolute Gasteiger partial charge is 0.376 e. The second kappa shape index (κ2) is 8.71. The number of amides is 1. The topological polar surface area (TPSA) is 75.7 Å². The monoisotopic (exact) mass is 396 g/mol. The van der Waals surface area contributed by atoms with Crippen LogP contribution in [0.1, 0.15) is 47.1 Å². The Bertz CT molecular complexity index is 783. The van der Waals surface area contributed by atoms with Crippen molar-refractivity contribution in [1.29, 1.82) is 0 Å². The first-order valence-corrected chi connectivity index (χ1v) is 11.0. The van der Waals surface area contributed by atoms with E-state index in [0.717, 1.165) is 47.3 Å². The van der Waals surface area contributed by atoms with Gasteiger partial charge in [-0.3, -0.25) is 4.79 Å². The second-order valence-corrected chi connectivity index (χ2v) is 9.21. The third-order valence-electron chi connectivity index (χ3n) is 5.76. The molecular formula is C20H32N2O4S. The zero-order valence-corrected chi connectivity index (χ0v) is 18.1. The quantitative estimate of drug-likeness (QED) is 0.768. The van der Waals surface area contributed by atoms with Gasteiger partial charge in [0.25, 0.3) is 0 Å². The highest BCUT2D eigenvalue weighted by atomic mass is 32.2. The van der Waals surface area contributed by atoms with Crippen molar-refractivity contribution in [2.75, 3.05) is 26.7 Å². The standard InChI is InChI=1S/C20H32N2O4S/c1-13-14(2)16(4)20(17(5)15(13)3)27(24,25)21-10-9-19(23)22(6)12-18-8-7-11-26-18/h18,21H,7-12H2,1-6H3. The van der Waals surface area contributed by atoms with Crippen LogP contribution in [0.25, 0.3) is 0 Å². The van der Waals surface area contributed by atoms with E-state index >= 15 is 0 Å². The third kappa shape index (κ3) is 4.89. The van der Waals surface area contributed by atoms with Gasteiger partial charge in [0.2, 0.25) is 15.9 Å². The average Bonchev–Trinajstić information content (AvgIpc) is 3.10. The summed E-state index contributed by atoms with van der Waals surface area (Å²) in [6.07, 6.45) is 2.22. The molecule has 0 aliphatic carbocycles. The normalized spacial score (nSPS) is 17.3. The second-order valence-electron chi connectivity index (χ2n) is 7.51. The van der Waals surface area contributed by atoms with Gasteiger partial charge < -0.3 is 9.64 Å². The minimum atomic E-state index is -3.67. The maximum absolute atomic E-state index is 12.9. The zero-order chi connectivity index (χ0) is 20.4. The Kier molecular flexibility index (Phi) is 7.05. The fraction of sp³-hybridized carbons (Fsp3) is 0.650. The lowest BCUT2D eigenvalue weighted by Gasteiger charge is -2.21. The van der Waals surface area contributed by atoms with Crippen LogP contribution in [0, 0.1) is 34.6 Å². The Morgan fingerprint density at radius 1 is 1.07 bits per heavy atom. The molecule has 152 valence electrons. The van der Waals surface area contributed by atoms with Gasteiger partial charge in [0.1, 0.15) is 0 Å². The lowest BCUT2D eigenvalue weighted by molar-refractivity contribution is -0.131. The molecule has 1 fully saturated rings. The molecule has 1 aromatic rings. The molecule has 1 saturated heterocycles. The molecule has 0 aromatic heterocycles. The van der Waals surface area contributed by atoms with Crippen LogP contribution in [0.2, 0.25) is 0 Å². The summed E-state index contributed by atoms with van der Waals surface area (Å²) in [6, 6.07) is 0. The number of rotatable bonds is 7. The summed E-state index contributed by atoms with van der Waals surface area (Å²) >= 11 is 0. The van der Waals surface area contributed by atoms with E-state index in [0.29, 0.717) is 11.4 Å². The van der Waals surface area contributed by atoms with Crippen LogP contribution < -0.4 is 4.72 Å². The number of nitrogens with one attached hydrogen (secondary N) is 1. The van der Waals surface area contributed by atoms with E-state index in [1.165, 1.54) is 0 Å². The first-order chi connectivity index (χ1) is 12.6. The van der Waals surface area contributed by atoms with E-state index in [-0.39, 0.29) is 25.0 Å². The number of ether oxygens (including phenoxy) is 1. The highest BCUT2D eigenvalue weighted by Gasteiger charge is 2.24.